The van der Waals surface area contributed by atoms with Crippen LogP contribution in [0.1, 0.15) is 31.4 Å². The first-order valence-corrected chi connectivity index (χ1v) is 10.4. The Balaban J connectivity index is 1.40. The van der Waals surface area contributed by atoms with E-state index >= 15 is 0 Å². The smallest absolute Gasteiger partial charge is 0.239 e. The van der Waals surface area contributed by atoms with Gasteiger partial charge >= 0.3 is 0 Å². The fourth-order valence-corrected chi connectivity index (χ4v) is 3.70. The van der Waals surface area contributed by atoms with Crippen LogP contribution in [-0.4, -0.2) is 31.5 Å². The van der Waals surface area contributed by atoms with Gasteiger partial charge in [-0.1, -0.05) is 52.3 Å². The Morgan fingerprint density at radius 3 is 2.79 bits per heavy atom. The van der Waals surface area contributed by atoms with E-state index in [2.05, 4.69) is 21.2 Å². The van der Waals surface area contributed by atoms with Gasteiger partial charge in [-0.25, -0.2) is 0 Å². The summed E-state index contributed by atoms with van der Waals surface area (Å²) in [6, 6.07) is 17.6. The Bertz CT molecular complexity index is 812. The molecule has 1 saturated heterocycles. The van der Waals surface area contributed by atoms with Gasteiger partial charge in [-0.3, -0.25) is 9.59 Å². The highest BCUT2D eigenvalue weighted by Gasteiger charge is 2.37. The number of hydrogen-bond donors (Lipinski definition) is 1. The lowest BCUT2D eigenvalue weighted by Crippen LogP contribution is -2.37. The molecule has 1 aliphatic heterocycles. The predicted molar refractivity (Wildman–Crippen MR) is 113 cm³/mol. The molecule has 1 aliphatic rings. The van der Waals surface area contributed by atoms with Crippen LogP contribution in [0.5, 0.6) is 0 Å². The number of halogens is 1. The number of amides is 2. The molecule has 1 heterocycles. The normalized spacial score (nSPS) is 17.6. The quantitative estimate of drug-likeness (QED) is 0.492. The van der Waals surface area contributed by atoms with E-state index in [9.17, 15) is 9.59 Å². The molecule has 0 spiro atoms. The molecule has 2 unspecified atom stereocenters. The van der Waals surface area contributed by atoms with Crippen LogP contribution in [0.4, 0.5) is 5.69 Å². The molecular formula is C22H25BrN2O3. The number of carbonyl (C=O) groups excluding carboxylic acids is 2. The van der Waals surface area contributed by atoms with Crippen molar-refractivity contribution in [3.05, 3.63) is 64.6 Å². The average molecular weight is 445 g/mol. The predicted octanol–water partition coefficient (Wildman–Crippen LogP) is 4.09. The molecule has 3 rings (SSSR count). The molecule has 0 aliphatic carbocycles. The summed E-state index contributed by atoms with van der Waals surface area (Å²) in [6.07, 6.45) is 1.27. The zero-order chi connectivity index (χ0) is 19.9. The summed E-state index contributed by atoms with van der Waals surface area (Å²) in [6.45, 7) is 3.63. The number of rotatable bonds is 8. The van der Waals surface area contributed by atoms with E-state index in [-0.39, 0.29) is 17.9 Å². The van der Waals surface area contributed by atoms with Crippen molar-refractivity contribution in [2.75, 3.05) is 24.6 Å². The third-order valence-electron chi connectivity index (χ3n) is 4.90. The Labute approximate surface area is 174 Å². The number of hydrogen-bond acceptors (Lipinski definition) is 3. The van der Waals surface area contributed by atoms with Gasteiger partial charge in [0, 0.05) is 29.9 Å². The second kappa shape index (κ2) is 9.85. The highest BCUT2D eigenvalue weighted by Crippen LogP contribution is 2.27. The third-order valence-corrected chi connectivity index (χ3v) is 5.39. The van der Waals surface area contributed by atoms with E-state index < -0.39 is 5.92 Å². The van der Waals surface area contributed by atoms with Gasteiger partial charge < -0.3 is 15.0 Å². The first-order chi connectivity index (χ1) is 13.6. The van der Waals surface area contributed by atoms with Crippen LogP contribution in [0.3, 0.4) is 0 Å². The summed E-state index contributed by atoms with van der Waals surface area (Å²) in [5, 5.41) is 2.88. The Morgan fingerprint density at radius 2 is 2.04 bits per heavy atom. The lowest BCUT2D eigenvalue weighted by atomic mass is 10.1. The van der Waals surface area contributed by atoms with Crippen LogP contribution >= 0.6 is 15.9 Å². The van der Waals surface area contributed by atoms with Gasteiger partial charge in [0.15, 0.2) is 0 Å². The summed E-state index contributed by atoms with van der Waals surface area (Å²) in [7, 11) is 0. The van der Waals surface area contributed by atoms with Gasteiger partial charge in [-0.05, 0) is 43.5 Å². The molecule has 1 fully saturated rings. The fraction of sp³-hybridized carbons (Fsp3) is 0.364. The minimum absolute atomic E-state index is 0.0204. The summed E-state index contributed by atoms with van der Waals surface area (Å²) in [5.41, 5.74) is 1.95. The van der Waals surface area contributed by atoms with E-state index in [4.69, 9.17) is 4.74 Å². The van der Waals surface area contributed by atoms with E-state index in [0.29, 0.717) is 32.5 Å². The van der Waals surface area contributed by atoms with Crippen molar-refractivity contribution in [1.29, 1.82) is 0 Å². The van der Waals surface area contributed by atoms with Crippen LogP contribution in [0.15, 0.2) is 59.1 Å². The lowest BCUT2D eigenvalue weighted by molar-refractivity contribution is -0.132. The van der Waals surface area contributed by atoms with Gasteiger partial charge in [-0.2, -0.15) is 0 Å². The molecule has 0 aromatic heterocycles. The van der Waals surface area contributed by atoms with Crippen molar-refractivity contribution in [2.45, 2.75) is 25.9 Å². The molecule has 2 aromatic rings. The van der Waals surface area contributed by atoms with E-state index in [1.54, 1.807) is 4.90 Å². The Kier molecular flexibility index (Phi) is 7.23. The van der Waals surface area contributed by atoms with Crippen molar-refractivity contribution in [3.63, 3.8) is 0 Å². The lowest BCUT2D eigenvalue weighted by Gasteiger charge is -2.17. The van der Waals surface area contributed by atoms with Gasteiger partial charge in [0.05, 0.1) is 6.10 Å². The molecule has 148 valence electrons. The van der Waals surface area contributed by atoms with Crippen LogP contribution in [0.25, 0.3) is 0 Å². The molecule has 2 atom stereocenters. The maximum absolute atomic E-state index is 12.6. The average Bonchev–Trinajstić information content (AvgIpc) is 3.09. The zero-order valence-electron chi connectivity index (χ0n) is 15.9. The van der Waals surface area contributed by atoms with Crippen molar-refractivity contribution >= 4 is 33.4 Å². The van der Waals surface area contributed by atoms with Crippen LogP contribution in [0.2, 0.25) is 0 Å². The van der Waals surface area contributed by atoms with Crippen LogP contribution in [0, 0.1) is 5.92 Å². The highest BCUT2D eigenvalue weighted by molar-refractivity contribution is 9.10. The maximum atomic E-state index is 12.6. The molecular weight excluding hydrogens is 420 g/mol. The zero-order valence-corrected chi connectivity index (χ0v) is 17.5. The van der Waals surface area contributed by atoms with E-state index in [1.807, 2.05) is 61.5 Å². The first-order valence-electron chi connectivity index (χ1n) is 9.57. The van der Waals surface area contributed by atoms with Gasteiger partial charge in [0.1, 0.15) is 5.92 Å². The standard InChI is InChI=1S/C22H25BrN2O3/c1-16(17-7-3-2-4-8-17)28-14-6-12-24-21(26)20-11-13-25(22(20)27)19-10-5-9-18(23)15-19/h2-5,7-10,15-16,20H,6,11-14H2,1H3,(H,24,26). The first kappa shape index (κ1) is 20.6. The number of benzene rings is 2. The van der Waals surface area contributed by atoms with E-state index in [1.165, 1.54) is 0 Å². The number of carbonyl (C=O) groups is 2. The molecule has 0 radical (unpaired) electrons. The largest absolute Gasteiger partial charge is 0.374 e. The topological polar surface area (TPSA) is 58.6 Å². The second-order valence-corrected chi connectivity index (χ2v) is 7.79. The van der Waals surface area contributed by atoms with Crippen LogP contribution in [-0.2, 0) is 14.3 Å². The molecule has 2 amide bonds. The number of ether oxygens (including phenoxy) is 1. The minimum Gasteiger partial charge on any atom is -0.374 e. The van der Waals surface area contributed by atoms with Gasteiger partial charge in [-0.15, -0.1) is 0 Å². The van der Waals surface area contributed by atoms with Gasteiger partial charge in [0.2, 0.25) is 11.8 Å². The molecule has 1 N–H and O–H groups in total. The molecule has 28 heavy (non-hydrogen) atoms. The summed E-state index contributed by atoms with van der Waals surface area (Å²) in [5.74, 6) is -0.939. The molecule has 0 saturated carbocycles. The number of nitrogens with one attached hydrogen (secondary N) is 1. The fourth-order valence-electron chi connectivity index (χ4n) is 3.31. The van der Waals surface area contributed by atoms with Crippen molar-refractivity contribution in [3.8, 4) is 0 Å². The third kappa shape index (κ3) is 5.20. The Hall–Kier alpha value is -2.18. The number of anilines is 1. The maximum Gasteiger partial charge on any atom is 0.239 e. The Morgan fingerprint density at radius 1 is 1.25 bits per heavy atom. The summed E-state index contributed by atoms with van der Waals surface area (Å²) in [4.78, 5) is 26.7. The van der Waals surface area contributed by atoms with Crippen molar-refractivity contribution in [1.82, 2.24) is 5.32 Å². The van der Waals surface area contributed by atoms with E-state index in [0.717, 1.165) is 15.7 Å². The minimum atomic E-state index is -0.608. The summed E-state index contributed by atoms with van der Waals surface area (Å²) < 4.78 is 6.72. The molecule has 0 bridgehead atoms. The van der Waals surface area contributed by atoms with Gasteiger partial charge in [0.25, 0.3) is 0 Å². The second-order valence-electron chi connectivity index (χ2n) is 6.88. The molecule has 6 heteroatoms. The number of nitrogens with zero attached hydrogens (tertiary/aromatic N) is 1. The van der Waals surface area contributed by atoms with Crippen molar-refractivity contribution < 1.29 is 14.3 Å². The molecule has 5 nitrogen and oxygen atoms in total. The monoisotopic (exact) mass is 444 g/mol. The highest BCUT2D eigenvalue weighted by atomic mass is 79.9. The van der Waals surface area contributed by atoms with Crippen molar-refractivity contribution in [2.24, 2.45) is 5.92 Å². The van der Waals surface area contributed by atoms with Crippen LogP contribution < -0.4 is 10.2 Å². The molecule has 2 aromatic carbocycles. The SMILES string of the molecule is CC(OCCCNC(=O)C1CCN(c2cccc(Br)c2)C1=O)c1ccccc1. The summed E-state index contributed by atoms with van der Waals surface area (Å²) >= 11 is 3.42.